The van der Waals surface area contributed by atoms with Crippen LogP contribution in [0.25, 0.3) is 0 Å². The van der Waals surface area contributed by atoms with Gasteiger partial charge in [-0.25, -0.2) is 0 Å². The summed E-state index contributed by atoms with van der Waals surface area (Å²) in [6.45, 7) is 0. The molecule has 0 amide bonds. The summed E-state index contributed by atoms with van der Waals surface area (Å²) in [4.78, 5) is 26.2. The van der Waals surface area contributed by atoms with Crippen LogP contribution in [-0.2, 0) is 6.42 Å². The average molecular weight is 316 g/mol. The number of benzene rings is 2. The third-order valence-electron chi connectivity index (χ3n) is 5.40. The Kier molecular flexibility index (Phi) is 3.68. The summed E-state index contributed by atoms with van der Waals surface area (Å²) in [6, 6.07) is 17.2. The highest BCUT2D eigenvalue weighted by Crippen LogP contribution is 2.49. The topological polar surface area (TPSA) is 34.1 Å². The first-order valence-corrected chi connectivity index (χ1v) is 8.61. The Bertz CT molecular complexity index is 832. The molecule has 120 valence electrons. The number of hydrogen-bond donors (Lipinski definition) is 0. The van der Waals surface area contributed by atoms with Gasteiger partial charge in [-0.1, -0.05) is 66.2 Å². The Balaban J connectivity index is 1.74. The maximum absolute atomic E-state index is 13.3. The molecule has 2 aromatic carbocycles. The van der Waals surface area contributed by atoms with Crippen molar-refractivity contribution < 1.29 is 9.59 Å². The van der Waals surface area contributed by atoms with E-state index in [0.717, 1.165) is 30.4 Å². The van der Waals surface area contributed by atoms with Gasteiger partial charge in [0.15, 0.2) is 11.6 Å². The summed E-state index contributed by atoms with van der Waals surface area (Å²) in [7, 11) is 0. The number of hydrogen-bond acceptors (Lipinski definition) is 2. The van der Waals surface area contributed by atoms with Crippen LogP contribution < -0.4 is 0 Å². The fourth-order valence-corrected chi connectivity index (χ4v) is 4.18. The van der Waals surface area contributed by atoms with E-state index >= 15 is 0 Å². The van der Waals surface area contributed by atoms with Crippen LogP contribution in [0, 0.1) is 5.41 Å². The zero-order chi connectivity index (χ0) is 16.6. The molecule has 0 aromatic heterocycles. The number of Topliss-reactive ketones (excluding diaryl/α,β-unsaturated/α-hetero) is 2. The summed E-state index contributed by atoms with van der Waals surface area (Å²) in [5.41, 5.74) is 3.09. The van der Waals surface area contributed by atoms with Gasteiger partial charge in [-0.15, -0.1) is 0 Å². The van der Waals surface area contributed by atoms with Crippen molar-refractivity contribution in [1.29, 1.82) is 0 Å². The fraction of sp³-hybridized carbons (Fsp3) is 0.273. The monoisotopic (exact) mass is 316 g/mol. The SMILES string of the molecule is O=C(CC1(C2=CCCC2)Cc2ccccc2C1=O)c1ccccc1. The van der Waals surface area contributed by atoms with Crippen molar-refractivity contribution in [2.45, 2.75) is 32.1 Å². The van der Waals surface area contributed by atoms with Gasteiger partial charge in [0.2, 0.25) is 0 Å². The van der Waals surface area contributed by atoms with Crippen molar-refractivity contribution >= 4 is 11.6 Å². The Morgan fingerprint density at radius 2 is 1.75 bits per heavy atom. The largest absolute Gasteiger partial charge is 0.294 e. The quantitative estimate of drug-likeness (QED) is 0.600. The lowest BCUT2D eigenvalue weighted by Gasteiger charge is -2.29. The first kappa shape index (κ1) is 15.1. The predicted octanol–water partition coefficient (Wildman–Crippen LogP) is 4.80. The summed E-state index contributed by atoms with van der Waals surface area (Å²) < 4.78 is 0. The van der Waals surface area contributed by atoms with Crippen molar-refractivity contribution in [3.8, 4) is 0 Å². The van der Waals surface area contributed by atoms with Crippen molar-refractivity contribution in [3.05, 3.63) is 82.9 Å². The lowest BCUT2D eigenvalue weighted by molar-refractivity contribution is 0.0786. The van der Waals surface area contributed by atoms with Gasteiger partial charge in [0.25, 0.3) is 0 Å². The van der Waals surface area contributed by atoms with Crippen LogP contribution in [0.5, 0.6) is 0 Å². The van der Waals surface area contributed by atoms with Gasteiger partial charge in [0, 0.05) is 17.5 Å². The second-order valence-corrected chi connectivity index (χ2v) is 6.83. The standard InChI is InChI=1S/C22H20O2/c23-20(16-8-2-1-3-9-16)15-22(18-11-5-6-12-18)14-17-10-4-7-13-19(17)21(22)24/h1-4,7-11,13H,5-6,12,14-15H2. The summed E-state index contributed by atoms with van der Waals surface area (Å²) in [5.74, 6) is 0.195. The summed E-state index contributed by atoms with van der Waals surface area (Å²) in [6.07, 6.45) is 6.16. The van der Waals surface area contributed by atoms with E-state index in [1.54, 1.807) is 0 Å². The molecule has 2 aliphatic carbocycles. The normalized spacial score (nSPS) is 22.3. The Morgan fingerprint density at radius 1 is 1.00 bits per heavy atom. The summed E-state index contributed by atoms with van der Waals surface area (Å²) in [5, 5.41) is 0. The highest BCUT2D eigenvalue weighted by Gasteiger charge is 2.49. The van der Waals surface area contributed by atoms with Crippen LogP contribution in [0.3, 0.4) is 0 Å². The van der Waals surface area contributed by atoms with E-state index in [4.69, 9.17) is 0 Å². The minimum Gasteiger partial charge on any atom is -0.294 e. The van der Waals surface area contributed by atoms with E-state index in [9.17, 15) is 9.59 Å². The van der Waals surface area contributed by atoms with Gasteiger partial charge in [-0.05, 0) is 31.2 Å². The molecule has 0 radical (unpaired) electrons. The van der Waals surface area contributed by atoms with E-state index in [2.05, 4.69) is 6.08 Å². The summed E-state index contributed by atoms with van der Waals surface area (Å²) >= 11 is 0. The molecule has 1 atom stereocenters. The molecule has 4 rings (SSSR count). The second-order valence-electron chi connectivity index (χ2n) is 6.83. The molecule has 0 aliphatic heterocycles. The highest BCUT2D eigenvalue weighted by atomic mass is 16.1. The minimum absolute atomic E-state index is 0.0598. The molecule has 24 heavy (non-hydrogen) atoms. The van der Waals surface area contributed by atoms with Gasteiger partial charge in [0.05, 0.1) is 5.41 Å². The molecule has 0 saturated heterocycles. The Morgan fingerprint density at radius 3 is 2.46 bits per heavy atom. The van der Waals surface area contributed by atoms with Crippen LogP contribution in [0.2, 0.25) is 0 Å². The molecule has 0 spiro atoms. The molecule has 0 bridgehead atoms. The predicted molar refractivity (Wildman–Crippen MR) is 94.2 cm³/mol. The number of rotatable bonds is 4. The van der Waals surface area contributed by atoms with E-state index in [-0.39, 0.29) is 18.0 Å². The molecule has 2 nitrogen and oxygen atoms in total. The number of carbonyl (C=O) groups is 2. The molecular formula is C22H20O2. The van der Waals surface area contributed by atoms with E-state index in [1.807, 2.05) is 54.6 Å². The molecule has 1 unspecified atom stereocenters. The van der Waals surface area contributed by atoms with Gasteiger partial charge < -0.3 is 0 Å². The zero-order valence-electron chi connectivity index (χ0n) is 13.6. The van der Waals surface area contributed by atoms with Gasteiger partial charge in [-0.3, -0.25) is 9.59 Å². The Hall–Kier alpha value is -2.48. The molecule has 0 heterocycles. The lowest BCUT2D eigenvalue weighted by Crippen LogP contribution is -2.33. The number of ketones is 2. The van der Waals surface area contributed by atoms with Crippen molar-refractivity contribution in [1.82, 2.24) is 0 Å². The van der Waals surface area contributed by atoms with E-state index < -0.39 is 5.41 Å². The maximum atomic E-state index is 13.3. The molecule has 0 N–H and O–H groups in total. The lowest BCUT2D eigenvalue weighted by atomic mass is 9.71. The van der Waals surface area contributed by atoms with Gasteiger partial charge >= 0.3 is 0 Å². The first-order chi connectivity index (χ1) is 11.7. The molecule has 0 saturated carbocycles. The zero-order valence-corrected chi connectivity index (χ0v) is 13.6. The number of allylic oxidation sites excluding steroid dienone is 2. The fourth-order valence-electron chi connectivity index (χ4n) is 4.18. The molecule has 2 aliphatic rings. The van der Waals surface area contributed by atoms with Crippen molar-refractivity contribution in [2.24, 2.45) is 5.41 Å². The highest BCUT2D eigenvalue weighted by molar-refractivity contribution is 6.10. The maximum Gasteiger partial charge on any atom is 0.174 e. The molecule has 2 heteroatoms. The van der Waals surface area contributed by atoms with Crippen molar-refractivity contribution in [3.63, 3.8) is 0 Å². The third-order valence-corrected chi connectivity index (χ3v) is 5.40. The van der Waals surface area contributed by atoms with Crippen LogP contribution in [0.15, 0.2) is 66.2 Å². The van der Waals surface area contributed by atoms with Crippen LogP contribution in [-0.4, -0.2) is 11.6 Å². The smallest absolute Gasteiger partial charge is 0.174 e. The van der Waals surface area contributed by atoms with Gasteiger partial charge in [-0.2, -0.15) is 0 Å². The minimum atomic E-state index is -0.660. The molecule has 0 fully saturated rings. The molecule has 2 aromatic rings. The van der Waals surface area contributed by atoms with E-state index in [0.29, 0.717) is 12.0 Å². The Labute approximate surface area is 142 Å². The van der Waals surface area contributed by atoms with E-state index in [1.165, 1.54) is 5.57 Å². The third kappa shape index (κ3) is 2.34. The number of carbonyl (C=O) groups excluding carboxylic acids is 2. The van der Waals surface area contributed by atoms with Gasteiger partial charge in [0.1, 0.15) is 0 Å². The second kappa shape index (κ2) is 5.86. The van der Waals surface area contributed by atoms with Crippen molar-refractivity contribution in [2.75, 3.05) is 0 Å². The van der Waals surface area contributed by atoms with Crippen LogP contribution in [0.1, 0.15) is 52.0 Å². The first-order valence-electron chi connectivity index (χ1n) is 8.61. The number of fused-ring (bicyclic) bond motifs is 1. The van der Waals surface area contributed by atoms with Crippen LogP contribution in [0.4, 0.5) is 0 Å². The van der Waals surface area contributed by atoms with Crippen LogP contribution >= 0.6 is 0 Å². The molecular weight excluding hydrogens is 296 g/mol. The average Bonchev–Trinajstić information content (AvgIpc) is 3.24.